The van der Waals surface area contributed by atoms with Crippen molar-refractivity contribution >= 4 is 9.84 Å². The maximum Gasteiger partial charge on any atom is 0.416 e. The number of hydrogen-bond acceptors (Lipinski definition) is 4. The lowest BCUT2D eigenvalue weighted by Gasteiger charge is -2.38. The van der Waals surface area contributed by atoms with Crippen molar-refractivity contribution in [2.75, 3.05) is 31.2 Å². The average molecular weight is 375 g/mol. The molecule has 1 spiro atoms. The summed E-state index contributed by atoms with van der Waals surface area (Å²) in [5.41, 5.74) is 0.0276. The van der Waals surface area contributed by atoms with Crippen LogP contribution >= 0.6 is 0 Å². The van der Waals surface area contributed by atoms with Crippen molar-refractivity contribution < 1.29 is 26.3 Å². The van der Waals surface area contributed by atoms with Crippen molar-refractivity contribution in [1.29, 1.82) is 0 Å². The van der Waals surface area contributed by atoms with Crippen molar-refractivity contribution in [3.8, 4) is 0 Å². The molecule has 0 unspecified atom stereocenters. The summed E-state index contributed by atoms with van der Waals surface area (Å²) < 4.78 is 66.7. The first kappa shape index (κ1) is 17.3. The van der Waals surface area contributed by atoms with Gasteiger partial charge in [-0.25, -0.2) is 8.42 Å². The zero-order valence-corrected chi connectivity index (χ0v) is 14.4. The van der Waals surface area contributed by atoms with E-state index >= 15 is 0 Å². The lowest BCUT2D eigenvalue weighted by molar-refractivity contribution is -0.137. The van der Waals surface area contributed by atoms with Crippen LogP contribution in [-0.4, -0.2) is 50.6 Å². The van der Waals surface area contributed by atoms with Crippen LogP contribution in [0.3, 0.4) is 0 Å². The molecule has 0 radical (unpaired) electrons. The SMILES string of the molecule is O=S1(=O)CC2(CCN([C@H]3CO[C@@H](c4ccc(C(F)(F)F)cc4)C3)C2)C1. The molecule has 3 heterocycles. The fraction of sp³-hybridized carbons (Fsp3) is 0.647. The van der Waals surface area contributed by atoms with E-state index in [1.165, 1.54) is 12.1 Å². The number of hydrogen-bond donors (Lipinski definition) is 0. The lowest BCUT2D eigenvalue weighted by Crippen LogP contribution is -2.51. The van der Waals surface area contributed by atoms with Gasteiger partial charge < -0.3 is 4.74 Å². The van der Waals surface area contributed by atoms with Gasteiger partial charge in [0.2, 0.25) is 0 Å². The van der Waals surface area contributed by atoms with Gasteiger partial charge in [-0.15, -0.1) is 0 Å². The van der Waals surface area contributed by atoms with Crippen LogP contribution in [0.15, 0.2) is 24.3 Å². The Morgan fingerprint density at radius 2 is 1.84 bits per heavy atom. The lowest BCUT2D eigenvalue weighted by atomic mass is 9.91. The molecule has 3 aliphatic rings. The second-order valence-corrected chi connectivity index (χ2v) is 9.65. The molecule has 0 bridgehead atoms. The third-order valence-corrected chi connectivity index (χ3v) is 7.73. The molecule has 0 saturated carbocycles. The van der Waals surface area contributed by atoms with E-state index in [4.69, 9.17) is 4.74 Å². The van der Waals surface area contributed by atoms with Crippen LogP contribution in [0.2, 0.25) is 0 Å². The molecule has 3 fully saturated rings. The molecule has 0 aromatic heterocycles. The third-order valence-electron chi connectivity index (χ3n) is 5.62. The smallest absolute Gasteiger partial charge is 0.372 e. The van der Waals surface area contributed by atoms with E-state index in [0.29, 0.717) is 6.61 Å². The summed E-state index contributed by atoms with van der Waals surface area (Å²) >= 11 is 0. The molecule has 8 heteroatoms. The Hall–Kier alpha value is -1.12. The Morgan fingerprint density at radius 3 is 2.44 bits per heavy atom. The first-order valence-corrected chi connectivity index (χ1v) is 10.2. The van der Waals surface area contributed by atoms with Crippen molar-refractivity contribution in [3.05, 3.63) is 35.4 Å². The van der Waals surface area contributed by atoms with Gasteiger partial charge in [-0.05, 0) is 37.1 Å². The molecule has 4 rings (SSSR count). The summed E-state index contributed by atoms with van der Waals surface area (Å²) in [4.78, 5) is 2.29. The number of halogens is 3. The second-order valence-electron chi connectivity index (χ2n) is 7.58. The molecule has 25 heavy (non-hydrogen) atoms. The van der Waals surface area contributed by atoms with E-state index in [1.54, 1.807) is 0 Å². The van der Waals surface area contributed by atoms with Crippen LogP contribution in [0, 0.1) is 5.41 Å². The standard InChI is InChI=1S/C17H20F3NO3S/c18-17(19,20)13-3-1-12(2-4-13)15-7-14(8-24-15)21-6-5-16(9-21)10-25(22,23)11-16/h1-4,14-15H,5-11H2/t14-,15-/m1/s1. The Labute approximate surface area is 144 Å². The number of rotatable bonds is 2. The van der Waals surface area contributed by atoms with Gasteiger partial charge in [0.05, 0.1) is 29.8 Å². The molecule has 4 nitrogen and oxygen atoms in total. The van der Waals surface area contributed by atoms with E-state index in [9.17, 15) is 21.6 Å². The average Bonchev–Trinajstić information content (AvgIpc) is 3.12. The van der Waals surface area contributed by atoms with Gasteiger partial charge in [0.1, 0.15) is 0 Å². The topological polar surface area (TPSA) is 46.6 Å². The monoisotopic (exact) mass is 375 g/mol. The molecule has 1 aromatic carbocycles. The van der Waals surface area contributed by atoms with E-state index in [2.05, 4.69) is 4.90 Å². The molecule has 138 valence electrons. The largest absolute Gasteiger partial charge is 0.416 e. The number of likely N-dealkylation sites (tertiary alicyclic amines) is 1. The molecule has 3 aliphatic heterocycles. The Balaban J connectivity index is 1.37. The second kappa shape index (κ2) is 5.69. The summed E-state index contributed by atoms with van der Waals surface area (Å²) in [6, 6.07) is 5.36. The number of benzene rings is 1. The van der Waals surface area contributed by atoms with Crippen molar-refractivity contribution in [1.82, 2.24) is 4.90 Å². The number of alkyl halides is 3. The molecule has 1 aromatic rings. The van der Waals surface area contributed by atoms with E-state index in [0.717, 1.165) is 43.6 Å². The van der Waals surface area contributed by atoms with E-state index in [-0.39, 0.29) is 29.1 Å². The van der Waals surface area contributed by atoms with Crippen LogP contribution in [0.1, 0.15) is 30.1 Å². The summed E-state index contributed by atoms with van der Waals surface area (Å²) in [6.45, 7) is 2.18. The number of nitrogens with zero attached hydrogens (tertiary/aromatic N) is 1. The molecule has 3 saturated heterocycles. The number of sulfone groups is 1. The van der Waals surface area contributed by atoms with E-state index in [1.807, 2.05) is 0 Å². The van der Waals surface area contributed by atoms with Crippen LogP contribution in [0.4, 0.5) is 13.2 Å². The van der Waals surface area contributed by atoms with Crippen LogP contribution in [0.5, 0.6) is 0 Å². The first-order valence-electron chi connectivity index (χ1n) is 8.39. The quantitative estimate of drug-likeness (QED) is 0.797. The van der Waals surface area contributed by atoms with Gasteiger partial charge in [-0.1, -0.05) is 12.1 Å². The fourth-order valence-corrected chi connectivity index (χ4v) is 6.64. The highest BCUT2D eigenvalue weighted by Gasteiger charge is 2.53. The Morgan fingerprint density at radius 1 is 1.16 bits per heavy atom. The predicted octanol–water partition coefficient (Wildman–Crippen LogP) is 2.66. The maximum absolute atomic E-state index is 12.6. The van der Waals surface area contributed by atoms with Crippen LogP contribution in [0.25, 0.3) is 0 Å². The Kier molecular flexibility index (Phi) is 3.94. The highest BCUT2D eigenvalue weighted by molar-refractivity contribution is 7.92. The van der Waals surface area contributed by atoms with Crippen molar-refractivity contribution in [2.45, 2.75) is 31.2 Å². The van der Waals surface area contributed by atoms with Crippen LogP contribution < -0.4 is 0 Å². The van der Waals surface area contributed by atoms with E-state index < -0.39 is 21.6 Å². The summed E-state index contributed by atoms with van der Waals surface area (Å²) in [7, 11) is -2.84. The predicted molar refractivity (Wildman–Crippen MR) is 85.8 cm³/mol. The van der Waals surface area contributed by atoms with Gasteiger partial charge in [-0.3, -0.25) is 4.90 Å². The summed E-state index contributed by atoms with van der Waals surface area (Å²) in [5.74, 6) is 0.568. The van der Waals surface area contributed by atoms with Gasteiger partial charge >= 0.3 is 6.18 Å². The first-order chi connectivity index (χ1) is 11.7. The fourth-order valence-electron chi connectivity index (χ4n) is 4.39. The van der Waals surface area contributed by atoms with Crippen molar-refractivity contribution in [2.24, 2.45) is 5.41 Å². The molecule has 0 N–H and O–H groups in total. The molecular weight excluding hydrogens is 355 g/mol. The third kappa shape index (κ3) is 3.31. The van der Waals surface area contributed by atoms with Crippen LogP contribution in [-0.2, 0) is 20.8 Å². The maximum atomic E-state index is 12.6. The molecule has 2 atom stereocenters. The highest BCUT2D eigenvalue weighted by atomic mass is 32.2. The molecule has 0 amide bonds. The number of ether oxygens (including phenoxy) is 1. The molecule has 0 aliphatic carbocycles. The summed E-state index contributed by atoms with van der Waals surface area (Å²) in [6.07, 6.45) is -2.90. The molecular formula is C17H20F3NO3S. The zero-order chi connectivity index (χ0) is 17.9. The van der Waals surface area contributed by atoms with Crippen molar-refractivity contribution in [3.63, 3.8) is 0 Å². The van der Waals surface area contributed by atoms with Gasteiger partial charge in [-0.2, -0.15) is 13.2 Å². The zero-order valence-electron chi connectivity index (χ0n) is 13.6. The minimum atomic E-state index is -4.33. The minimum absolute atomic E-state index is 0.0781. The normalized spacial score (nSPS) is 31.3. The highest BCUT2D eigenvalue weighted by Crippen LogP contribution is 2.44. The van der Waals surface area contributed by atoms with Gasteiger partial charge in [0.15, 0.2) is 9.84 Å². The Bertz CT molecular complexity index is 748. The summed E-state index contributed by atoms with van der Waals surface area (Å²) in [5, 5.41) is 0. The minimum Gasteiger partial charge on any atom is -0.372 e. The van der Waals surface area contributed by atoms with Gasteiger partial charge in [0.25, 0.3) is 0 Å². The van der Waals surface area contributed by atoms with Gasteiger partial charge in [0, 0.05) is 18.0 Å².